The lowest BCUT2D eigenvalue weighted by Gasteiger charge is -2.11. The number of ether oxygens (including phenoxy) is 1. The zero-order chi connectivity index (χ0) is 14.8. The largest absolute Gasteiger partial charge is 0.497 e. The van der Waals surface area contributed by atoms with Gasteiger partial charge < -0.3 is 9.30 Å². The lowest BCUT2D eigenvalue weighted by molar-refractivity contribution is 0.112. The van der Waals surface area contributed by atoms with E-state index in [0.29, 0.717) is 12.1 Å². The first kappa shape index (κ1) is 13.4. The highest BCUT2D eigenvalue weighted by atomic mass is 16.5. The van der Waals surface area contributed by atoms with E-state index < -0.39 is 0 Å². The van der Waals surface area contributed by atoms with Crippen molar-refractivity contribution in [3.8, 4) is 5.75 Å². The van der Waals surface area contributed by atoms with Crippen molar-refractivity contribution in [3.63, 3.8) is 0 Å². The molecular formula is C17H16N2O2. The average Bonchev–Trinajstić information content (AvgIpc) is 2.83. The van der Waals surface area contributed by atoms with Crippen LogP contribution < -0.4 is 4.74 Å². The van der Waals surface area contributed by atoms with E-state index in [9.17, 15) is 4.79 Å². The fraction of sp³-hybridized carbons (Fsp3) is 0.176. The maximum atomic E-state index is 11.2. The summed E-state index contributed by atoms with van der Waals surface area (Å²) in [7, 11) is 1.62. The summed E-state index contributed by atoms with van der Waals surface area (Å²) in [5.74, 6) is 1.67. The van der Waals surface area contributed by atoms with E-state index in [0.717, 1.165) is 34.5 Å². The number of hydrogen-bond acceptors (Lipinski definition) is 3. The molecule has 0 unspecified atom stereocenters. The van der Waals surface area contributed by atoms with Crippen LogP contribution in [0.5, 0.6) is 5.75 Å². The van der Waals surface area contributed by atoms with Crippen LogP contribution in [0.2, 0.25) is 0 Å². The standard InChI is InChI=1S/C17H16N2O2/c1-12-18-16-5-3-4-6-17(16)19(12)10-14-9-15(21-2)8-7-13(14)11-20/h3-9,11H,10H2,1-2H3. The van der Waals surface area contributed by atoms with Crippen molar-refractivity contribution in [2.75, 3.05) is 7.11 Å². The summed E-state index contributed by atoms with van der Waals surface area (Å²) in [4.78, 5) is 15.8. The molecule has 0 atom stereocenters. The van der Waals surface area contributed by atoms with Gasteiger partial charge in [-0.15, -0.1) is 0 Å². The molecule has 1 heterocycles. The Bertz CT molecular complexity index is 806. The summed E-state index contributed by atoms with van der Waals surface area (Å²) in [6.45, 7) is 2.57. The first-order chi connectivity index (χ1) is 10.2. The molecule has 3 aromatic rings. The average molecular weight is 280 g/mol. The summed E-state index contributed by atoms with van der Waals surface area (Å²) in [6, 6.07) is 13.5. The maximum Gasteiger partial charge on any atom is 0.150 e. The van der Waals surface area contributed by atoms with Crippen LogP contribution in [0.1, 0.15) is 21.7 Å². The topological polar surface area (TPSA) is 44.1 Å². The van der Waals surface area contributed by atoms with E-state index in [4.69, 9.17) is 4.74 Å². The molecule has 0 saturated carbocycles. The van der Waals surface area contributed by atoms with Gasteiger partial charge in [-0.2, -0.15) is 0 Å². The van der Waals surface area contributed by atoms with Crippen molar-refractivity contribution in [1.82, 2.24) is 9.55 Å². The lowest BCUT2D eigenvalue weighted by Crippen LogP contribution is -2.05. The van der Waals surface area contributed by atoms with Gasteiger partial charge in [-0.3, -0.25) is 4.79 Å². The summed E-state index contributed by atoms with van der Waals surface area (Å²) in [6.07, 6.45) is 0.878. The van der Waals surface area contributed by atoms with E-state index in [1.807, 2.05) is 37.3 Å². The minimum atomic E-state index is 0.595. The van der Waals surface area contributed by atoms with E-state index >= 15 is 0 Å². The molecule has 0 aliphatic heterocycles. The van der Waals surface area contributed by atoms with Crippen LogP contribution in [-0.2, 0) is 6.54 Å². The summed E-state index contributed by atoms with van der Waals surface area (Å²) in [5, 5.41) is 0. The van der Waals surface area contributed by atoms with E-state index in [2.05, 4.69) is 9.55 Å². The Morgan fingerprint density at radius 1 is 1.24 bits per heavy atom. The Labute approximate surface area is 123 Å². The number of para-hydroxylation sites is 2. The summed E-state index contributed by atoms with van der Waals surface area (Å²) >= 11 is 0. The predicted molar refractivity (Wildman–Crippen MR) is 82.0 cm³/mol. The number of carbonyl (C=O) groups is 1. The molecule has 0 radical (unpaired) electrons. The Balaban J connectivity index is 2.10. The summed E-state index contributed by atoms with van der Waals surface area (Å²) in [5.41, 5.74) is 3.63. The van der Waals surface area contributed by atoms with Gasteiger partial charge in [0.15, 0.2) is 0 Å². The second kappa shape index (κ2) is 5.40. The third-order valence-electron chi connectivity index (χ3n) is 3.65. The van der Waals surface area contributed by atoms with Crippen LogP contribution in [-0.4, -0.2) is 22.9 Å². The van der Waals surface area contributed by atoms with Crippen LogP contribution in [0.4, 0.5) is 0 Å². The number of rotatable bonds is 4. The van der Waals surface area contributed by atoms with Gasteiger partial charge in [0.05, 0.1) is 24.7 Å². The van der Waals surface area contributed by atoms with Crippen molar-refractivity contribution < 1.29 is 9.53 Å². The van der Waals surface area contributed by atoms with Gasteiger partial charge >= 0.3 is 0 Å². The smallest absolute Gasteiger partial charge is 0.150 e. The minimum absolute atomic E-state index is 0.595. The number of hydrogen-bond donors (Lipinski definition) is 0. The monoisotopic (exact) mass is 280 g/mol. The molecule has 21 heavy (non-hydrogen) atoms. The molecule has 0 amide bonds. The molecular weight excluding hydrogens is 264 g/mol. The molecule has 1 aromatic heterocycles. The van der Waals surface area contributed by atoms with Crippen molar-refractivity contribution in [1.29, 1.82) is 0 Å². The normalized spacial score (nSPS) is 10.8. The van der Waals surface area contributed by atoms with Crippen molar-refractivity contribution in [3.05, 3.63) is 59.4 Å². The molecule has 0 spiro atoms. The fourth-order valence-corrected chi connectivity index (χ4v) is 2.53. The van der Waals surface area contributed by atoms with Crippen LogP contribution in [0.25, 0.3) is 11.0 Å². The van der Waals surface area contributed by atoms with Crippen molar-refractivity contribution in [2.45, 2.75) is 13.5 Å². The van der Waals surface area contributed by atoms with Crippen molar-refractivity contribution in [2.24, 2.45) is 0 Å². The zero-order valence-electron chi connectivity index (χ0n) is 12.0. The van der Waals surface area contributed by atoms with Gasteiger partial charge in [-0.1, -0.05) is 12.1 Å². The van der Waals surface area contributed by atoms with E-state index in [1.54, 1.807) is 19.2 Å². The second-order valence-corrected chi connectivity index (χ2v) is 4.92. The first-order valence-corrected chi connectivity index (χ1v) is 6.77. The van der Waals surface area contributed by atoms with Crippen LogP contribution in [0.15, 0.2) is 42.5 Å². The third kappa shape index (κ3) is 2.40. The number of aromatic nitrogens is 2. The molecule has 2 aromatic carbocycles. The van der Waals surface area contributed by atoms with E-state index in [-0.39, 0.29) is 0 Å². The second-order valence-electron chi connectivity index (χ2n) is 4.92. The van der Waals surface area contributed by atoms with Gasteiger partial charge in [0.2, 0.25) is 0 Å². The van der Waals surface area contributed by atoms with Gasteiger partial charge in [0.25, 0.3) is 0 Å². The molecule has 0 N–H and O–H groups in total. The Kier molecular flexibility index (Phi) is 3.44. The third-order valence-corrected chi connectivity index (χ3v) is 3.65. The number of aldehydes is 1. The lowest BCUT2D eigenvalue weighted by atomic mass is 10.1. The molecule has 4 nitrogen and oxygen atoms in total. The number of nitrogens with zero attached hydrogens (tertiary/aromatic N) is 2. The Hall–Kier alpha value is -2.62. The maximum absolute atomic E-state index is 11.2. The first-order valence-electron chi connectivity index (χ1n) is 6.77. The van der Waals surface area contributed by atoms with Gasteiger partial charge in [0.1, 0.15) is 17.9 Å². The minimum Gasteiger partial charge on any atom is -0.497 e. The van der Waals surface area contributed by atoms with Crippen LogP contribution in [0.3, 0.4) is 0 Å². The van der Waals surface area contributed by atoms with Gasteiger partial charge in [0, 0.05) is 5.56 Å². The summed E-state index contributed by atoms with van der Waals surface area (Å²) < 4.78 is 7.36. The quantitative estimate of drug-likeness (QED) is 0.689. The fourth-order valence-electron chi connectivity index (χ4n) is 2.53. The predicted octanol–water partition coefficient (Wildman–Crippen LogP) is 3.21. The van der Waals surface area contributed by atoms with Crippen molar-refractivity contribution >= 4 is 17.3 Å². The molecule has 106 valence electrons. The molecule has 0 saturated heterocycles. The number of benzene rings is 2. The molecule has 0 bridgehead atoms. The Morgan fingerprint density at radius 2 is 2.05 bits per heavy atom. The number of methoxy groups -OCH3 is 1. The SMILES string of the molecule is COc1ccc(C=O)c(Cn2c(C)nc3ccccc32)c1. The van der Waals surface area contributed by atoms with Crippen LogP contribution in [0, 0.1) is 6.92 Å². The highest BCUT2D eigenvalue weighted by Gasteiger charge is 2.10. The highest BCUT2D eigenvalue weighted by Crippen LogP contribution is 2.21. The Morgan fingerprint density at radius 3 is 2.81 bits per heavy atom. The number of carbonyl (C=O) groups excluding carboxylic acids is 1. The molecule has 4 heteroatoms. The molecule has 0 aliphatic carbocycles. The number of imidazole rings is 1. The van der Waals surface area contributed by atoms with Gasteiger partial charge in [-0.25, -0.2) is 4.98 Å². The molecule has 3 rings (SSSR count). The molecule has 0 aliphatic rings. The zero-order valence-corrected chi connectivity index (χ0v) is 12.0. The van der Waals surface area contributed by atoms with Gasteiger partial charge in [-0.05, 0) is 42.8 Å². The van der Waals surface area contributed by atoms with Crippen LogP contribution >= 0.6 is 0 Å². The number of aryl methyl sites for hydroxylation is 1. The highest BCUT2D eigenvalue weighted by molar-refractivity contribution is 5.79. The number of fused-ring (bicyclic) bond motifs is 1. The molecule has 0 fully saturated rings. The van der Waals surface area contributed by atoms with E-state index in [1.165, 1.54) is 0 Å².